The summed E-state index contributed by atoms with van der Waals surface area (Å²) in [5.74, 6) is -2.67. The van der Waals surface area contributed by atoms with Crippen molar-refractivity contribution >= 4 is 49.4 Å². The molecule has 1 heterocycles. The number of rotatable bonds is 5. The van der Waals surface area contributed by atoms with Crippen LogP contribution in [0.15, 0.2) is 48.5 Å². The highest BCUT2D eigenvalue weighted by atomic mass is 79.9. The van der Waals surface area contributed by atoms with Crippen LogP contribution >= 0.6 is 31.9 Å². The van der Waals surface area contributed by atoms with Gasteiger partial charge in [-0.3, -0.25) is 9.59 Å². The number of alkyl halides is 5. The molecular weight excluding hydrogens is 553 g/mol. The molecule has 0 aliphatic carbocycles. The van der Waals surface area contributed by atoms with Gasteiger partial charge in [-0.2, -0.15) is 13.2 Å². The van der Waals surface area contributed by atoms with E-state index >= 15 is 0 Å². The molecule has 0 saturated carbocycles. The zero-order chi connectivity index (χ0) is 23.5. The Morgan fingerprint density at radius 3 is 2.31 bits per heavy atom. The minimum atomic E-state index is -5.06. The first-order valence-corrected chi connectivity index (χ1v) is 12.1. The predicted molar refractivity (Wildman–Crippen MR) is 125 cm³/mol. The summed E-state index contributed by atoms with van der Waals surface area (Å²) in [7, 11) is 0. The summed E-state index contributed by atoms with van der Waals surface area (Å²) >= 11 is 7.47. The summed E-state index contributed by atoms with van der Waals surface area (Å²) in [5.41, 5.74) is 3.28. The quantitative estimate of drug-likeness (QED) is 0.423. The van der Waals surface area contributed by atoms with Crippen LogP contribution in [0.4, 0.5) is 18.9 Å². The van der Waals surface area contributed by atoms with Gasteiger partial charge in [-0.05, 0) is 29.2 Å². The second-order valence-electron chi connectivity index (χ2n) is 7.65. The molecule has 172 valence electrons. The van der Waals surface area contributed by atoms with Crippen molar-refractivity contribution in [2.24, 2.45) is 0 Å². The van der Waals surface area contributed by atoms with E-state index in [4.69, 9.17) is 0 Å². The molecule has 0 saturated heterocycles. The molecule has 0 aromatic heterocycles. The standard InChI is InChI=1S/C23H23Br2F3N2O2/c1-2-3-11-17(29-22(32)23(26,27)28)21(31)30-13-14-8-4-5-9-15(14)19(24)20(25)16-10-6-7-12-18(16)30/h4-10,12,17,19-20H,2-3,11,13H2,1H3,(H,29,32). The Balaban J connectivity index is 2.05. The average Bonchev–Trinajstić information content (AvgIpc) is 2.77. The number of carbonyl (C=O) groups is 2. The van der Waals surface area contributed by atoms with Crippen molar-refractivity contribution < 1.29 is 22.8 Å². The molecule has 3 unspecified atom stereocenters. The lowest BCUT2D eigenvalue weighted by Crippen LogP contribution is -2.52. The van der Waals surface area contributed by atoms with Gasteiger partial charge < -0.3 is 10.2 Å². The number of nitrogens with zero attached hydrogens (tertiary/aromatic N) is 1. The number of anilines is 1. The van der Waals surface area contributed by atoms with Crippen molar-refractivity contribution in [1.29, 1.82) is 0 Å². The monoisotopic (exact) mass is 574 g/mol. The lowest BCUT2D eigenvalue weighted by atomic mass is 9.94. The molecule has 2 aromatic rings. The van der Waals surface area contributed by atoms with Gasteiger partial charge in [-0.25, -0.2) is 0 Å². The molecule has 0 spiro atoms. The molecule has 0 bridgehead atoms. The van der Waals surface area contributed by atoms with Crippen LogP contribution in [0.5, 0.6) is 0 Å². The number of fused-ring (bicyclic) bond motifs is 2. The summed E-state index contributed by atoms with van der Waals surface area (Å²) in [5, 5.41) is 1.92. The number of hydrogen-bond donors (Lipinski definition) is 1. The van der Waals surface area contributed by atoms with Crippen molar-refractivity contribution in [1.82, 2.24) is 5.32 Å². The third-order valence-corrected chi connectivity index (χ3v) is 8.19. The summed E-state index contributed by atoms with van der Waals surface area (Å²) in [4.78, 5) is 26.5. The molecule has 1 aliphatic rings. The van der Waals surface area contributed by atoms with Crippen LogP contribution in [0.2, 0.25) is 0 Å². The minimum absolute atomic E-state index is 0.0714. The van der Waals surface area contributed by atoms with Gasteiger partial charge in [0.2, 0.25) is 5.91 Å². The zero-order valence-corrected chi connectivity index (χ0v) is 20.5. The number of benzene rings is 2. The second kappa shape index (κ2) is 10.4. The summed E-state index contributed by atoms with van der Waals surface area (Å²) < 4.78 is 38.8. The van der Waals surface area contributed by atoms with Crippen LogP contribution in [0.3, 0.4) is 0 Å². The molecule has 3 rings (SSSR count). The summed E-state index contributed by atoms with van der Waals surface area (Å²) in [6.07, 6.45) is -3.75. The van der Waals surface area contributed by atoms with Crippen LogP contribution in [0, 0.1) is 0 Å². The van der Waals surface area contributed by atoms with E-state index < -0.39 is 24.0 Å². The molecule has 4 nitrogen and oxygen atoms in total. The zero-order valence-electron chi connectivity index (χ0n) is 17.3. The predicted octanol–water partition coefficient (Wildman–Crippen LogP) is 6.34. The Bertz CT molecular complexity index is 984. The Morgan fingerprint density at radius 2 is 1.66 bits per heavy atom. The third kappa shape index (κ3) is 5.36. The first kappa shape index (κ1) is 24.8. The molecule has 1 aliphatic heterocycles. The Hall–Kier alpha value is -1.87. The normalized spacial score (nSPS) is 19.2. The Morgan fingerprint density at radius 1 is 1.06 bits per heavy atom. The molecule has 32 heavy (non-hydrogen) atoms. The van der Waals surface area contributed by atoms with Crippen molar-refractivity contribution in [3.8, 4) is 0 Å². The fourth-order valence-corrected chi connectivity index (χ4v) is 5.18. The van der Waals surface area contributed by atoms with E-state index in [1.807, 2.05) is 48.6 Å². The highest BCUT2D eigenvalue weighted by Crippen LogP contribution is 2.48. The van der Waals surface area contributed by atoms with Crippen molar-refractivity contribution in [3.05, 3.63) is 65.2 Å². The van der Waals surface area contributed by atoms with Gasteiger partial charge >= 0.3 is 12.1 Å². The third-order valence-electron chi connectivity index (χ3n) is 5.44. The molecular formula is C23H23Br2F3N2O2. The molecule has 0 fully saturated rings. The summed E-state index contributed by atoms with van der Waals surface area (Å²) in [6.45, 7) is 2.05. The van der Waals surface area contributed by atoms with Crippen molar-refractivity contribution in [2.75, 3.05) is 4.90 Å². The van der Waals surface area contributed by atoms with Crippen molar-refractivity contribution in [2.45, 2.75) is 54.6 Å². The topological polar surface area (TPSA) is 49.4 Å². The largest absolute Gasteiger partial charge is 0.471 e. The molecule has 2 aromatic carbocycles. The highest BCUT2D eigenvalue weighted by Gasteiger charge is 2.42. The van der Waals surface area contributed by atoms with E-state index in [2.05, 4.69) is 31.9 Å². The smallest absolute Gasteiger partial charge is 0.336 e. The van der Waals surface area contributed by atoms with Crippen LogP contribution < -0.4 is 10.2 Å². The Kier molecular flexibility index (Phi) is 8.03. The minimum Gasteiger partial charge on any atom is -0.336 e. The van der Waals surface area contributed by atoms with Crippen LogP contribution in [0.1, 0.15) is 52.5 Å². The first-order valence-electron chi connectivity index (χ1n) is 10.3. The maximum atomic E-state index is 13.6. The van der Waals surface area contributed by atoms with E-state index in [0.29, 0.717) is 18.5 Å². The van der Waals surface area contributed by atoms with Gasteiger partial charge in [0.15, 0.2) is 0 Å². The average molecular weight is 576 g/mol. The van der Waals surface area contributed by atoms with Gasteiger partial charge in [0.05, 0.1) is 16.2 Å². The van der Waals surface area contributed by atoms with Crippen molar-refractivity contribution in [3.63, 3.8) is 0 Å². The number of para-hydroxylation sites is 1. The van der Waals surface area contributed by atoms with Crippen LogP contribution in [0.25, 0.3) is 0 Å². The number of nitrogens with one attached hydrogen (secondary N) is 1. The van der Waals surface area contributed by atoms with Gasteiger partial charge in [0, 0.05) is 5.69 Å². The highest BCUT2D eigenvalue weighted by molar-refractivity contribution is 9.12. The SMILES string of the molecule is CCCCC(NC(=O)C(F)(F)F)C(=O)N1Cc2ccccc2C(Br)C(Br)c2ccccc21. The first-order chi connectivity index (χ1) is 15.1. The van der Waals surface area contributed by atoms with Gasteiger partial charge in [-0.15, -0.1) is 0 Å². The van der Waals surface area contributed by atoms with Crippen LogP contribution in [-0.2, 0) is 16.1 Å². The van der Waals surface area contributed by atoms with E-state index in [1.165, 1.54) is 4.90 Å². The fraction of sp³-hybridized carbons (Fsp3) is 0.391. The Labute approximate surface area is 201 Å². The molecule has 3 atom stereocenters. The number of carbonyl (C=O) groups excluding carboxylic acids is 2. The summed E-state index contributed by atoms with van der Waals surface area (Å²) in [6, 6.07) is 13.6. The van der Waals surface area contributed by atoms with Gasteiger partial charge in [0.1, 0.15) is 6.04 Å². The molecule has 0 radical (unpaired) electrons. The lowest BCUT2D eigenvalue weighted by molar-refractivity contribution is -0.174. The lowest BCUT2D eigenvalue weighted by Gasteiger charge is -2.35. The van der Waals surface area contributed by atoms with E-state index in [-0.39, 0.29) is 22.6 Å². The van der Waals surface area contributed by atoms with E-state index in [0.717, 1.165) is 16.7 Å². The molecule has 9 heteroatoms. The molecule has 1 N–H and O–H groups in total. The fourth-order valence-electron chi connectivity index (χ4n) is 3.78. The maximum Gasteiger partial charge on any atom is 0.471 e. The van der Waals surface area contributed by atoms with Gasteiger partial charge in [0.25, 0.3) is 0 Å². The number of unbranched alkanes of at least 4 members (excludes halogenated alkanes) is 1. The van der Waals surface area contributed by atoms with Crippen LogP contribution in [-0.4, -0.2) is 24.0 Å². The molecule has 2 amide bonds. The number of hydrogen-bond acceptors (Lipinski definition) is 2. The number of halogens is 5. The van der Waals surface area contributed by atoms with E-state index in [1.54, 1.807) is 12.1 Å². The van der Waals surface area contributed by atoms with E-state index in [9.17, 15) is 22.8 Å². The second-order valence-corrected chi connectivity index (χ2v) is 9.62. The maximum absolute atomic E-state index is 13.6. The van der Waals surface area contributed by atoms with Gasteiger partial charge in [-0.1, -0.05) is 94.1 Å². The number of amides is 2.